The van der Waals surface area contributed by atoms with E-state index in [4.69, 9.17) is 27.9 Å². The van der Waals surface area contributed by atoms with Crippen LogP contribution in [0.4, 0.5) is 0 Å². The summed E-state index contributed by atoms with van der Waals surface area (Å²) in [4.78, 5) is 23.1. The van der Waals surface area contributed by atoms with E-state index in [0.29, 0.717) is 16.9 Å². The second kappa shape index (κ2) is 6.74. The molecule has 2 rings (SSSR count). The van der Waals surface area contributed by atoms with Gasteiger partial charge in [0.1, 0.15) is 0 Å². The Morgan fingerprint density at radius 2 is 1.86 bits per heavy atom. The van der Waals surface area contributed by atoms with Crippen LogP contribution in [0.1, 0.15) is 33.2 Å². The summed E-state index contributed by atoms with van der Waals surface area (Å²) in [5, 5.41) is 0.414. The van der Waals surface area contributed by atoms with Crippen molar-refractivity contribution in [3.63, 3.8) is 0 Å². The zero-order chi connectivity index (χ0) is 15.4. The summed E-state index contributed by atoms with van der Waals surface area (Å²) in [5.74, 6) is -0.564. The van der Waals surface area contributed by atoms with Crippen molar-refractivity contribution in [3.05, 3.63) is 63.1 Å². The average Bonchev–Trinajstić information content (AvgIpc) is 2.49. The van der Waals surface area contributed by atoms with E-state index < -0.39 is 5.97 Å². The Bertz CT molecular complexity index is 679. The van der Waals surface area contributed by atoms with Gasteiger partial charge >= 0.3 is 5.97 Å². The van der Waals surface area contributed by atoms with Crippen LogP contribution in [-0.4, -0.2) is 12.3 Å². The van der Waals surface area contributed by atoms with Gasteiger partial charge in [-0.2, -0.15) is 0 Å². The minimum Gasteiger partial charge on any atom is -0.421 e. The standard InChI is InChI=1S/C16H12Cl2O3/c1-2-10-3-5-11(6-4-10)16(20)21-15-12(9-19)7-13(17)8-14(15)18/h3-9H,2H2,1H3. The summed E-state index contributed by atoms with van der Waals surface area (Å²) < 4.78 is 5.22. The molecule has 3 nitrogen and oxygen atoms in total. The first kappa shape index (κ1) is 15.5. The zero-order valence-corrected chi connectivity index (χ0v) is 12.7. The lowest BCUT2D eigenvalue weighted by Crippen LogP contribution is -2.10. The number of aryl methyl sites for hydroxylation is 1. The fraction of sp³-hybridized carbons (Fsp3) is 0.125. The predicted octanol–water partition coefficient (Wildman–Crippen LogP) is 4.59. The van der Waals surface area contributed by atoms with Crippen molar-refractivity contribution < 1.29 is 14.3 Å². The first-order valence-electron chi connectivity index (χ1n) is 6.30. The van der Waals surface area contributed by atoms with Crippen LogP contribution in [0.3, 0.4) is 0 Å². The molecule has 0 bridgehead atoms. The maximum absolute atomic E-state index is 12.1. The highest BCUT2D eigenvalue weighted by Gasteiger charge is 2.16. The van der Waals surface area contributed by atoms with Crippen LogP contribution in [-0.2, 0) is 6.42 Å². The molecule has 2 aromatic carbocycles. The molecule has 0 spiro atoms. The molecule has 0 fully saturated rings. The lowest BCUT2D eigenvalue weighted by atomic mass is 10.1. The number of aldehydes is 1. The number of halogens is 2. The number of hydrogen-bond donors (Lipinski definition) is 0. The fourth-order valence-electron chi connectivity index (χ4n) is 1.80. The van der Waals surface area contributed by atoms with Crippen molar-refractivity contribution in [3.8, 4) is 5.75 Å². The molecule has 0 aliphatic heterocycles. The molecule has 0 aromatic heterocycles. The number of rotatable bonds is 4. The molecule has 0 amide bonds. The molecule has 0 N–H and O–H groups in total. The van der Waals surface area contributed by atoms with Gasteiger partial charge < -0.3 is 4.74 Å². The Kier molecular flexibility index (Phi) is 4.99. The van der Waals surface area contributed by atoms with E-state index in [-0.39, 0.29) is 16.3 Å². The van der Waals surface area contributed by atoms with E-state index in [9.17, 15) is 9.59 Å². The van der Waals surface area contributed by atoms with Gasteiger partial charge in [0.25, 0.3) is 0 Å². The van der Waals surface area contributed by atoms with E-state index in [2.05, 4.69) is 0 Å². The van der Waals surface area contributed by atoms with Gasteiger partial charge in [-0.15, -0.1) is 0 Å². The van der Waals surface area contributed by atoms with Crippen molar-refractivity contribution in [1.82, 2.24) is 0 Å². The summed E-state index contributed by atoms with van der Waals surface area (Å²) in [6.07, 6.45) is 1.42. The summed E-state index contributed by atoms with van der Waals surface area (Å²) in [7, 11) is 0. The van der Waals surface area contributed by atoms with Gasteiger partial charge in [0, 0.05) is 5.02 Å². The van der Waals surface area contributed by atoms with Crippen molar-refractivity contribution in [2.45, 2.75) is 13.3 Å². The Labute approximate surface area is 132 Å². The normalized spacial score (nSPS) is 10.2. The maximum Gasteiger partial charge on any atom is 0.343 e. The molecule has 2 aromatic rings. The number of carbonyl (C=O) groups is 2. The minimum absolute atomic E-state index is 0.0145. The Balaban J connectivity index is 2.28. The first-order valence-corrected chi connectivity index (χ1v) is 7.06. The second-order valence-electron chi connectivity index (χ2n) is 4.36. The summed E-state index contributed by atoms with van der Waals surface area (Å²) >= 11 is 11.8. The van der Waals surface area contributed by atoms with Crippen LogP contribution >= 0.6 is 23.2 Å². The van der Waals surface area contributed by atoms with Gasteiger partial charge in [0.05, 0.1) is 16.1 Å². The number of benzene rings is 2. The lowest BCUT2D eigenvalue weighted by Gasteiger charge is -2.09. The zero-order valence-electron chi connectivity index (χ0n) is 11.2. The van der Waals surface area contributed by atoms with E-state index in [1.54, 1.807) is 12.1 Å². The third kappa shape index (κ3) is 3.63. The van der Waals surface area contributed by atoms with Gasteiger partial charge in [-0.25, -0.2) is 4.79 Å². The fourth-order valence-corrected chi connectivity index (χ4v) is 2.35. The molecule has 0 aliphatic carbocycles. The van der Waals surface area contributed by atoms with Gasteiger partial charge in [0.2, 0.25) is 0 Å². The second-order valence-corrected chi connectivity index (χ2v) is 5.21. The highest BCUT2D eigenvalue weighted by atomic mass is 35.5. The monoisotopic (exact) mass is 322 g/mol. The van der Waals surface area contributed by atoms with E-state index in [1.807, 2.05) is 19.1 Å². The maximum atomic E-state index is 12.1. The van der Waals surface area contributed by atoms with Gasteiger partial charge in [0.15, 0.2) is 12.0 Å². The molecule has 0 saturated carbocycles. The number of esters is 1. The van der Waals surface area contributed by atoms with Crippen LogP contribution in [0, 0.1) is 0 Å². The van der Waals surface area contributed by atoms with Gasteiger partial charge in [-0.05, 0) is 36.2 Å². The lowest BCUT2D eigenvalue weighted by molar-refractivity contribution is 0.0733. The quantitative estimate of drug-likeness (QED) is 0.470. The third-order valence-electron chi connectivity index (χ3n) is 2.96. The SMILES string of the molecule is CCc1ccc(C(=O)Oc2c(Cl)cc(Cl)cc2C=O)cc1. The molecular weight excluding hydrogens is 311 g/mol. The van der Waals surface area contributed by atoms with E-state index in [1.165, 1.54) is 12.1 Å². The van der Waals surface area contributed by atoms with Crippen molar-refractivity contribution >= 4 is 35.5 Å². The molecule has 21 heavy (non-hydrogen) atoms. The summed E-state index contributed by atoms with van der Waals surface area (Å²) in [5.41, 5.74) is 1.63. The molecule has 0 radical (unpaired) electrons. The van der Waals surface area contributed by atoms with Crippen molar-refractivity contribution in [2.75, 3.05) is 0 Å². The van der Waals surface area contributed by atoms with Crippen LogP contribution in [0.25, 0.3) is 0 Å². The summed E-state index contributed by atoms with van der Waals surface area (Å²) in [6.45, 7) is 2.02. The molecule has 0 atom stereocenters. The summed E-state index contributed by atoms with van der Waals surface area (Å²) in [6, 6.07) is 9.85. The Morgan fingerprint density at radius 1 is 1.19 bits per heavy atom. The van der Waals surface area contributed by atoms with Gasteiger partial charge in [-0.1, -0.05) is 42.3 Å². The molecule has 0 aliphatic rings. The van der Waals surface area contributed by atoms with E-state index >= 15 is 0 Å². The van der Waals surface area contributed by atoms with Crippen LogP contribution < -0.4 is 4.74 Å². The largest absolute Gasteiger partial charge is 0.421 e. The first-order chi connectivity index (χ1) is 10.0. The number of ether oxygens (including phenoxy) is 1. The molecule has 5 heteroatoms. The average molecular weight is 323 g/mol. The van der Waals surface area contributed by atoms with Crippen molar-refractivity contribution in [1.29, 1.82) is 0 Å². The predicted molar refractivity (Wildman–Crippen MR) is 82.6 cm³/mol. The molecular formula is C16H12Cl2O3. The smallest absolute Gasteiger partial charge is 0.343 e. The Morgan fingerprint density at radius 3 is 2.43 bits per heavy atom. The Hall–Kier alpha value is -1.84. The number of carbonyl (C=O) groups excluding carboxylic acids is 2. The van der Waals surface area contributed by atoms with Crippen LogP contribution in [0.5, 0.6) is 5.75 Å². The van der Waals surface area contributed by atoms with Crippen LogP contribution in [0.15, 0.2) is 36.4 Å². The van der Waals surface area contributed by atoms with Crippen LogP contribution in [0.2, 0.25) is 10.0 Å². The highest BCUT2D eigenvalue weighted by Crippen LogP contribution is 2.32. The molecule has 0 heterocycles. The molecule has 0 unspecified atom stereocenters. The van der Waals surface area contributed by atoms with Crippen molar-refractivity contribution in [2.24, 2.45) is 0 Å². The molecule has 108 valence electrons. The van der Waals surface area contributed by atoms with E-state index in [0.717, 1.165) is 12.0 Å². The molecule has 0 saturated heterocycles. The van der Waals surface area contributed by atoms with Gasteiger partial charge in [-0.3, -0.25) is 4.79 Å². The third-order valence-corrected chi connectivity index (χ3v) is 3.46. The minimum atomic E-state index is -0.579. The number of hydrogen-bond acceptors (Lipinski definition) is 3. The highest BCUT2D eigenvalue weighted by molar-refractivity contribution is 6.36. The topological polar surface area (TPSA) is 43.4 Å².